The Labute approximate surface area is 183 Å². The molecule has 8 nitrogen and oxygen atoms in total. The van der Waals surface area contributed by atoms with Crippen LogP contribution in [-0.2, 0) is 16.1 Å². The van der Waals surface area contributed by atoms with Crippen molar-refractivity contribution in [3.63, 3.8) is 0 Å². The minimum Gasteiger partial charge on any atom is -0.492 e. The number of rotatable bonds is 8. The molecule has 0 bridgehead atoms. The van der Waals surface area contributed by atoms with Gasteiger partial charge in [0.05, 0.1) is 30.1 Å². The lowest BCUT2D eigenvalue weighted by Gasteiger charge is -2.13. The molecule has 0 saturated carbocycles. The third-order valence-electron chi connectivity index (χ3n) is 4.91. The number of para-hydroxylation sites is 2. The van der Waals surface area contributed by atoms with E-state index in [4.69, 9.17) is 4.74 Å². The van der Waals surface area contributed by atoms with Crippen LogP contribution < -0.4 is 15.6 Å². The highest BCUT2D eigenvalue weighted by molar-refractivity contribution is 7.18. The number of nitrogens with one attached hydrogen (secondary N) is 1. The predicted octanol–water partition coefficient (Wildman–Crippen LogP) is 3.21. The summed E-state index contributed by atoms with van der Waals surface area (Å²) in [5.74, 6) is -2.34. The van der Waals surface area contributed by atoms with Gasteiger partial charge in [0.25, 0.3) is 5.56 Å². The highest BCUT2D eigenvalue weighted by Crippen LogP contribution is 2.26. The second-order valence-corrected chi connectivity index (χ2v) is 8.11. The molecule has 3 rings (SSSR count). The van der Waals surface area contributed by atoms with E-state index in [-0.39, 0.29) is 18.5 Å². The van der Waals surface area contributed by atoms with Crippen molar-refractivity contribution in [2.75, 3.05) is 11.9 Å². The van der Waals surface area contributed by atoms with E-state index in [0.29, 0.717) is 28.3 Å². The maximum absolute atomic E-state index is 12.7. The van der Waals surface area contributed by atoms with Crippen LogP contribution in [0, 0.1) is 31.1 Å². The van der Waals surface area contributed by atoms with Crippen molar-refractivity contribution in [1.29, 1.82) is 5.26 Å². The number of anilines is 1. The molecule has 1 N–H and O–H groups in total. The Morgan fingerprint density at radius 2 is 2.06 bits per heavy atom. The highest BCUT2D eigenvalue weighted by atomic mass is 32.1. The molecular weight excluding hydrogens is 416 g/mol. The van der Waals surface area contributed by atoms with Crippen LogP contribution in [0.25, 0.3) is 10.2 Å². The third kappa shape index (κ3) is 4.64. The second kappa shape index (κ2) is 9.53. The first-order valence-electron chi connectivity index (χ1n) is 9.77. The Bertz CT molecular complexity index is 1240. The van der Waals surface area contributed by atoms with Gasteiger partial charge in [0.1, 0.15) is 10.6 Å². The summed E-state index contributed by atoms with van der Waals surface area (Å²) in [5.41, 5.74) is 1.03. The average Bonchev–Trinajstić information content (AvgIpc) is 3.04. The molecule has 3 aromatic rings. The lowest BCUT2D eigenvalue weighted by atomic mass is 10.0. The fourth-order valence-electron chi connectivity index (χ4n) is 3.14. The fourth-order valence-corrected chi connectivity index (χ4v) is 4.12. The van der Waals surface area contributed by atoms with E-state index < -0.39 is 17.6 Å². The quantitative estimate of drug-likeness (QED) is 0.540. The Kier molecular flexibility index (Phi) is 6.82. The number of hydrogen-bond donors (Lipinski definition) is 1. The summed E-state index contributed by atoms with van der Waals surface area (Å²) in [5, 5.41) is 12.5. The Balaban J connectivity index is 1.72. The topological polar surface area (TPSA) is 114 Å². The third-order valence-corrected chi connectivity index (χ3v) is 6.03. The van der Waals surface area contributed by atoms with Crippen molar-refractivity contribution >= 4 is 38.9 Å². The minimum atomic E-state index is -1.49. The molecule has 1 atom stereocenters. The molecule has 0 saturated heterocycles. The molecule has 1 aromatic carbocycles. The number of amides is 1. The number of benzene rings is 1. The van der Waals surface area contributed by atoms with Crippen LogP contribution in [0.4, 0.5) is 5.69 Å². The Hall–Kier alpha value is -3.51. The van der Waals surface area contributed by atoms with E-state index in [1.54, 1.807) is 30.3 Å². The first kappa shape index (κ1) is 22.2. The van der Waals surface area contributed by atoms with Crippen LogP contribution in [0.5, 0.6) is 5.75 Å². The van der Waals surface area contributed by atoms with Gasteiger partial charge in [-0.3, -0.25) is 19.0 Å². The zero-order valence-electron chi connectivity index (χ0n) is 17.5. The SMILES string of the molecule is CCOc1ccccc1NC(=O)C(C#N)C(=O)CCn1cnc2sc(C)c(C)c2c1=O. The number of aryl methyl sites for hydroxylation is 3. The van der Waals surface area contributed by atoms with Gasteiger partial charge in [-0.2, -0.15) is 5.26 Å². The summed E-state index contributed by atoms with van der Waals surface area (Å²) in [6, 6.07) is 8.55. The van der Waals surface area contributed by atoms with Crippen molar-refractivity contribution in [3.05, 3.63) is 51.4 Å². The van der Waals surface area contributed by atoms with Gasteiger partial charge in [0.2, 0.25) is 5.91 Å². The van der Waals surface area contributed by atoms with Crippen molar-refractivity contribution < 1.29 is 14.3 Å². The van der Waals surface area contributed by atoms with Crippen LogP contribution >= 0.6 is 11.3 Å². The summed E-state index contributed by atoms with van der Waals surface area (Å²) in [7, 11) is 0. The standard InChI is InChI=1S/C22H22N4O4S/c1-4-30-18-8-6-5-7-16(18)25-20(28)15(11-23)17(27)9-10-26-12-24-21-19(22(26)29)13(2)14(3)31-21/h5-8,12,15H,4,9-10H2,1-3H3,(H,25,28). The number of Topliss-reactive ketones (excluding diaryl/α,β-unsaturated/α-hetero) is 1. The number of aromatic nitrogens is 2. The van der Waals surface area contributed by atoms with E-state index in [9.17, 15) is 19.6 Å². The molecule has 9 heteroatoms. The van der Waals surface area contributed by atoms with Gasteiger partial charge in [0, 0.05) is 17.8 Å². The average molecular weight is 439 g/mol. The monoisotopic (exact) mass is 438 g/mol. The van der Waals surface area contributed by atoms with Gasteiger partial charge in [-0.1, -0.05) is 12.1 Å². The van der Waals surface area contributed by atoms with Crippen molar-refractivity contribution in [2.45, 2.75) is 33.7 Å². The minimum absolute atomic E-state index is 0.0376. The van der Waals surface area contributed by atoms with Crippen LogP contribution in [0.3, 0.4) is 0 Å². The maximum atomic E-state index is 12.7. The maximum Gasteiger partial charge on any atom is 0.262 e. The second-order valence-electron chi connectivity index (χ2n) is 6.90. The number of ketones is 1. The molecule has 0 fully saturated rings. The van der Waals surface area contributed by atoms with E-state index >= 15 is 0 Å². The molecule has 0 aliphatic carbocycles. The number of fused-ring (bicyclic) bond motifs is 1. The zero-order valence-corrected chi connectivity index (χ0v) is 18.3. The fraction of sp³-hybridized carbons (Fsp3) is 0.318. The summed E-state index contributed by atoms with van der Waals surface area (Å²) >= 11 is 1.45. The van der Waals surface area contributed by atoms with E-state index in [1.165, 1.54) is 22.2 Å². The molecule has 1 unspecified atom stereocenters. The van der Waals surface area contributed by atoms with Crippen molar-refractivity contribution in [1.82, 2.24) is 9.55 Å². The summed E-state index contributed by atoms with van der Waals surface area (Å²) < 4.78 is 6.79. The molecule has 2 heterocycles. The summed E-state index contributed by atoms with van der Waals surface area (Å²) in [4.78, 5) is 43.9. The molecule has 0 aliphatic heterocycles. The lowest BCUT2D eigenvalue weighted by Crippen LogP contribution is -2.30. The van der Waals surface area contributed by atoms with Gasteiger partial charge in [-0.25, -0.2) is 4.98 Å². The molecule has 0 radical (unpaired) electrons. The van der Waals surface area contributed by atoms with Crippen molar-refractivity contribution in [3.8, 4) is 11.8 Å². The molecule has 2 aromatic heterocycles. The molecule has 160 valence electrons. The first-order valence-corrected chi connectivity index (χ1v) is 10.6. The van der Waals surface area contributed by atoms with Gasteiger partial charge in [-0.05, 0) is 38.5 Å². The molecule has 0 aliphatic rings. The van der Waals surface area contributed by atoms with Gasteiger partial charge < -0.3 is 10.1 Å². The Morgan fingerprint density at radius 1 is 1.32 bits per heavy atom. The number of hydrogen-bond acceptors (Lipinski definition) is 7. The van der Waals surface area contributed by atoms with Gasteiger partial charge >= 0.3 is 0 Å². The zero-order chi connectivity index (χ0) is 22.5. The smallest absolute Gasteiger partial charge is 0.262 e. The van der Waals surface area contributed by atoms with Crippen LogP contribution in [0.15, 0.2) is 35.4 Å². The van der Waals surface area contributed by atoms with Gasteiger partial charge in [-0.15, -0.1) is 11.3 Å². The lowest BCUT2D eigenvalue weighted by molar-refractivity contribution is -0.129. The van der Waals surface area contributed by atoms with E-state index in [0.717, 1.165) is 10.4 Å². The first-order chi connectivity index (χ1) is 14.9. The number of ether oxygens (including phenoxy) is 1. The summed E-state index contributed by atoms with van der Waals surface area (Å²) in [6.07, 6.45) is 1.25. The molecule has 31 heavy (non-hydrogen) atoms. The number of carbonyl (C=O) groups excluding carboxylic acids is 2. The number of carbonyl (C=O) groups is 2. The molecule has 0 spiro atoms. The predicted molar refractivity (Wildman–Crippen MR) is 118 cm³/mol. The van der Waals surface area contributed by atoms with Crippen LogP contribution in [0.2, 0.25) is 0 Å². The molecular formula is C22H22N4O4S. The van der Waals surface area contributed by atoms with Gasteiger partial charge in [0.15, 0.2) is 11.7 Å². The largest absolute Gasteiger partial charge is 0.492 e. The normalized spacial score (nSPS) is 11.7. The Morgan fingerprint density at radius 3 is 2.77 bits per heavy atom. The number of thiophene rings is 1. The number of nitrogens with zero attached hydrogens (tertiary/aromatic N) is 3. The highest BCUT2D eigenvalue weighted by Gasteiger charge is 2.27. The van der Waals surface area contributed by atoms with Crippen LogP contribution in [-0.4, -0.2) is 27.8 Å². The van der Waals surface area contributed by atoms with E-state index in [2.05, 4.69) is 10.3 Å². The number of nitriles is 1. The van der Waals surface area contributed by atoms with E-state index in [1.807, 2.05) is 20.8 Å². The van der Waals surface area contributed by atoms with Crippen molar-refractivity contribution in [2.24, 2.45) is 5.92 Å². The molecule has 1 amide bonds. The van der Waals surface area contributed by atoms with Crippen LogP contribution in [0.1, 0.15) is 23.8 Å². The summed E-state index contributed by atoms with van der Waals surface area (Å²) in [6.45, 7) is 6.05.